The Bertz CT molecular complexity index is 333. The number of aliphatic carboxylic acids is 1. The van der Waals surface area contributed by atoms with Gasteiger partial charge in [-0.3, -0.25) is 9.59 Å². The highest BCUT2D eigenvalue weighted by molar-refractivity contribution is 5.85. The highest BCUT2D eigenvalue weighted by atomic mass is 16.4. The van der Waals surface area contributed by atoms with Crippen LogP contribution in [0.15, 0.2) is 0 Å². The predicted octanol–water partition coefficient (Wildman–Crippen LogP) is 3.50. The van der Waals surface area contributed by atoms with Gasteiger partial charge in [-0.25, -0.2) is 0 Å². The molecule has 0 aromatic rings. The zero-order chi connectivity index (χ0) is 15.2. The van der Waals surface area contributed by atoms with Gasteiger partial charge in [-0.1, -0.05) is 40.0 Å². The van der Waals surface area contributed by atoms with Gasteiger partial charge in [0, 0.05) is 12.0 Å². The fraction of sp³-hybridized carbons (Fsp3) is 0.875. The fourth-order valence-electron chi connectivity index (χ4n) is 3.36. The summed E-state index contributed by atoms with van der Waals surface area (Å²) < 4.78 is 0. The van der Waals surface area contributed by atoms with Crippen LogP contribution < -0.4 is 5.32 Å². The van der Waals surface area contributed by atoms with Gasteiger partial charge in [0.15, 0.2) is 0 Å². The number of hydrogen-bond donors (Lipinski definition) is 2. The van der Waals surface area contributed by atoms with E-state index in [1.807, 2.05) is 0 Å². The highest BCUT2D eigenvalue weighted by Crippen LogP contribution is 2.39. The maximum absolute atomic E-state index is 12.3. The van der Waals surface area contributed by atoms with E-state index in [0.29, 0.717) is 12.8 Å². The van der Waals surface area contributed by atoms with Crippen molar-refractivity contribution in [2.24, 2.45) is 5.41 Å². The molecule has 0 aromatic carbocycles. The van der Waals surface area contributed by atoms with Gasteiger partial charge in [0.1, 0.15) is 0 Å². The van der Waals surface area contributed by atoms with E-state index in [0.717, 1.165) is 38.5 Å². The lowest BCUT2D eigenvalue weighted by Gasteiger charge is -2.36. The van der Waals surface area contributed by atoms with Crippen molar-refractivity contribution in [2.75, 3.05) is 0 Å². The number of carboxylic acid groups (broad SMARTS) is 1. The SMILES string of the molecule is CCC(CC)(CC)NC(=O)CC1(C(=O)O)CCCCC1. The molecule has 0 radical (unpaired) electrons. The van der Waals surface area contributed by atoms with Gasteiger partial charge in [0.05, 0.1) is 5.41 Å². The van der Waals surface area contributed by atoms with Gasteiger partial charge in [0.25, 0.3) is 0 Å². The fourth-order valence-corrected chi connectivity index (χ4v) is 3.36. The second kappa shape index (κ2) is 7.09. The minimum absolute atomic E-state index is 0.0974. The number of carbonyl (C=O) groups is 2. The smallest absolute Gasteiger partial charge is 0.310 e. The van der Waals surface area contributed by atoms with Crippen LogP contribution in [-0.2, 0) is 9.59 Å². The van der Waals surface area contributed by atoms with Gasteiger partial charge in [0.2, 0.25) is 5.91 Å². The van der Waals surface area contributed by atoms with Crippen LogP contribution in [0.3, 0.4) is 0 Å². The Kier molecular flexibility index (Phi) is 6.03. The largest absolute Gasteiger partial charge is 0.481 e. The molecule has 1 fully saturated rings. The van der Waals surface area contributed by atoms with Crippen LogP contribution in [0.5, 0.6) is 0 Å². The van der Waals surface area contributed by atoms with E-state index in [1.165, 1.54) is 0 Å². The zero-order valence-electron chi connectivity index (χ0n) is 13.1. The van der Waals surface area contributed by atoms with E-state index in [9.17, 15) is 14.7 Å². The molecule has 0 unspecified atom stereocenters. The van der Waals surface area contributed by atoms with Crippen molar-refractivity contribution in [3.63, 3.8) is 0 Å². The first-order valence-electron chi connectivity index (χ1n) is 7.98. The summed E-state index contributed by atoms with van der Waals surface area (Å²) in [4.78, 5) is 23.9. The molecule has 1 saturated carbocycles. The molecule has 0 aromatic heterocycles. The molecule has 0 bridgehead atoms. The van der Waals surface area contributed by atoms with Gasteiger partial charge in [-0.15, -0.1) is 0 Å². The van der Waals surface area contributed by atoms with E-state index < -0.39 is 11.4 Å². The van der Waals surface area contributed by atoms with E-state index in [4.69, 9.17) is 0 Å². The molecule has 4 nitrogen and oxygen atoms in total. The summed E-state index contributed by atoms with van der Waals surface area (Å²) in [5.41, 5.74) is -1.01. The van der Waals surface area contributed by atoms with Crippen LogP contribution in [0.2, 0.25) is 0 Å². The van der Waals surface area contributed by atoms with Crippen LogP contribution in [0.1, 0.15) is 78.6 Å². The second-order valence-electron chi connectivity index (χ2n) is 6.21. The van der Waals surface area contributed by atoms with E-state index in [1.54, 1.807) is 0 Å². The minimum Gasteiger partial charge on any atom is -0.481 e. The number of carbonyl (C=O) groups excluding carboxylic acids is 1. The summed E-state index contributed by atoms with van der Waals surface area (Å²) in [6.07, 6.45) is 6.95. The van der Waals surface area contributed by atoms with Crippen molar-refractivity contribution < 1.29 is 14.7 Å². The maximum atomic E-state index is 12.3. The van der Waals surface area contributed by atoms with Gasteiger partial charge in [-0.2, -0.15) is 0 Å². The van der Waals surface area contributed by atoms with Gasteiger partial charge >= 0.3 is 5.97 Å². The molecule has 0 atom stereocenters. The highest BCUT2D eigenvalue weighted by Gasteiger charge is 2.42. The standard InChI is InChI=1S/C16H29NO3/c1-4-16(5-2,6-3)17-13(18)12-15(14(19)20)10-8-7-9-11-15/h4-12H2,1-3H3,(H,17,18)(H,19,20). The number of amides is 1. The third kappa shape index (κ3) is 3.74. The van der Waals surface area contributed by atoms with Crippen molar-refractivity contribution in [3.8, 4) is 0 Å². The second-order valence-corrected chi connectivity index (χ2v) is 6.21. The Balaban J connectivity index is 2.74. The summed E-state index contributed by atoms with van der Waals surface area (Å²) in [6, 6.07) is 0. The molecule has 0 saturated heterocycles. The Morgan fingerprint density at radius 1 is 1.05 bits per heavy atom. The first-order valence-corrected chi connectivity index (χ1v) is 7.98. The summed E-state index contributed by atoms with van der Waals surface area (Å²) in [6.45, 7) is 6.21. The molecule has 1 aliphatic rings. The molecule has 1 aliphatic carbocycles. The predicted molar refractivity (Wildman–Crippen MR) is 79.5 cm³/mol. The molecule has 1 amide bonds. The van der Waals surface area contributed by atoms with E-state index >= 15 is 0 Å². The maximum Gasteiger partial charge on any atom is 0.310 e. The van der Waals surface area contributed by atoms with Gasteiger partial charge in [-0.05, 0) is 32.1 Å². The average Bonchev–Trinajstić information content (AvgIpc) is 2.45. The van der Waals surface area contributed by atoms with Crippen molar-refractivity contribution in [3.05, 3.63) is 0 Å². The monoisotopic (exact) mass is 283 g/mol. The lowest BCUT2D eigenvalue weighted by molar-refractivity contribution is -0.154. The first kappa shape index (κ1) is 17.0. The number of hydrogen-bond acceptors (Lipinski definition) is 2. The summed E-state index contributed by atoms with van der Waals surface area (Å²) >= 11 is 0. The summed E-state index contributed by atoms with van der Waals surface area (Å²) in [7, 11) is 0. The lowest BCUT2D eigenvalue weighted by atomic mass is 9.71. The molecule has 20 heavy (non-hydrogen) atoms. The van der Waals surface area contributed by atoms with Crippen molar-refractivity contribution >= 4 is 11.9 Å². The van der Waals surface area contributed by atoms with Crippen LogP contribution >= 0.6 is 0 Å². The minimum atomic E-state index is -0.830. The molecule has 116 valence electrons. The topological polar surface area (TPSA) is 66.4 Å². The molecule has 1 rings (SSSR count). The van der Waals surface area contributed by atoms with Crippen molar-refractivity contribution in [1.29, 1.82) is 0 Å². The lowest BCUT2D eigenvalue weighted by Crippen LogP contribution is -2.49. The average molecular weight is 283 g/mol. The number of rotatable bonds is 7. The van der Waals surface area contributed by atoms with E-state index in [2.05, 4.69) is 26.1 Å². The third-order valence-corrected chi connectivity index (χ3v) is 5.20. The van der Waals surface area contributed by atoms with E-state index in [-0.39, 0.29) is 17.9 Å². The van der Waals surface area contributed by atoms with Crippen LogP contribution in [0.4, 0.5) is 0 Å². The molecule has 0 spiro atoms. The molecule has 4 heteroatoms. The van der Waals surface area contributed by atoms with Crippen molar-refractivity contribution in [2.45, 2.75) is 84.1 Å². The Labute approximate surface area is 122 Å². The van der Waals surface area contributed by atoms with Gasteiger partial charge < -0.3 is 10.4 Å². The van der Waals surface area contributed by atoms with Crippen LogP contribution in [-0.4, -0.2) is 22.5 Å². The Morgan fingerprint density at radius 3 is 1.95 bits per heavy atom. The summed E-state index contributed by atoms with van der Waals surface area (Å²) in [5.74, 6) is -0.901. The molecule has 2 N–H and O–H groups in total. The first-order chi connectivity index (χ1) is 9.43. The molecule has 0 heterocycles. The number of carboxylic acids is 1. The third-order valence-electron chi connectivity index (χ3n) is 5.20. The van der Waals surface area contributed by atoms with Crippen molar-refractivity contribution in [1.82, 2.24) is 5.32 Å². The quantitative estimate of drug-likeness (QED) is 0.751. The molecule has 0 aliphatic heterocycles. The molecular formula is C16H29NO3. The number of nitrogens with one attached hydrogen (secondary N) is 1. The molecular weight excluding hydrogens is 254 g/mol. The van der Waals surface area contributed by atoms with Crippen LogP contribution in [0, 0.1) is 5.41 Å². The zero-order valence-corrected chi connectivity index (χ0v) is 13.1. The normalized spacial score (nSPS) is 18.6. The van der Waals surface area contributed by atoms with Crippen LogP contribution in [0.25, 0.3) is 0 Å². The Hall–Kier alpha value is -1.06. The Morgan fingerprint density at radius 2 is 1.55 bits per heavy atom. The summed E-state index contributed by atoms with van der Waals surface area (Å²) in [5, 5.41) is 12.6.